The van der Waals surface area contributed by atoms with Gasteiger partial charge < -0.3 is 14.4 Å². The van der Waals surface area contributed by atoms with E-state index < -0.39 is 17.9 Å². The second-order valence-electron chi connectivity index (χ2n) is 5.16. The topological polar surface area (TPSA) is 55.8 Å². The molecule has 0 radical (unpaired) electrons. The molecule has 5 nitrogen and oxygen atoms in total. The predicted molar refractivity (Wildman–Crippen MR) is 89.0 cm³/mol. The maximum Gasteiger partial charge on any atom is 0.336 e. The molecule has 0 saturated heterocycles. The molecule has 2 rings (SSSR count). The van der Waals surface area contributed by atoms with Crippen molar-refractivity contribution in [1.29, 1.82) is 0 Å². The summed E-state index contributed by atoms with van der Waals surface area (Å²) < 4.78 is 10.3. The fraction of sp³-hybridized carbons (Fsp3) is 0.412. The number of aryl methyl sites for hydroxylation is 1. The molecular formula is C17H21NO4S. The van der Waals surface area contributed by atoms with E-state index in [1.54, 1.807) is 49.5 Å². The highest BCUT2D eigenvalue weighted by Gasteiger charge is 2.35. The van der Waals surface area contributed by atoms with Crippen LogP contribution in [0, 0.1) is 6.92 Å². The number of esters is 2. The maximum absolute atomic E-state index is 12.4. The Hall–Kier alpha value is -2.08. The SMILES string of the molecule is CCOC(=O)C1=CN(C)C=C(C(=O)OCC)C1c1ccc(C)s1. The number of hydrogen-bond donors (Lipinski definition) is 0. The predicted octanol–water partition coefficient (Wildman–Crippen LogP) is 2.98. The average Bonchev–Trinajstić information content (AvgIpc) is 2.93. The Morgan fingerprint density at radius 3 is 2.00 bits per heavy atom. The molecule has 0 spiro atoms. The second-order valence-corrected chi connectivity index (χ2v) is 6.48. The zero-order valence-corrected chi connectivity index (χ0v) is 14.6. The van der Waals surface area contributed by atoms with Crippen LogP contribution in [-0.2, 0) is 19.1 Å². The van der Waals surface area contributed by atoms with Gasteiger partial charge in [-0.2, -0.15) is 0 Å². The van der Waals surface area contributed by atoms with Crippen LogP contribution >= 0.6 is 11.3 Å². The molecule has 2 heterocycles. The van der Waals surface area contributed by atoms with Crippen molar-refractivity contribution in [2.75, 3.05) is 20.3 Å². The van der Waals surface area contributed by atoms with Crippen molar-refractivity contribution < 1.29 is 19.1 Å². The van der Waals surface area contributed by atoms with Crippen molar-refractivity contribution in [2.45, 2.75) is 26.7 Å². The highest BCUT2D eigenvalue weighted by Crippen LogP contribution is 2.39. The summed E-state index contributed by atoms with van der Waals surface area (Å²) in [6.45, 7) is 6.09. The van der Waals surface area contributed by atoms with Crippen molar-refractivity contribution >= 4 is 23.3 Å². The molecule has 0 unspecified atom stereocenters. The summed E-state index contributed by atoms with van der Waals surface area (Å²) in [5, 5.41) is 0. The first kappa shape index (κ1) is 17.3. The molecule has 1 aromatic heterocycles. The van der Waals surface area contributed by atoms with Crippen LogP contribution in [0.2, 0.25) is 0 Å². The van der Waals surface area contributed by atoms with E-state index in [0.717, 1.165) is 9.75 Å². The van der Waals surface area contributed by atoms with Crippen molar-refractivity contribution in [3.05, 3.63) is 45.4 Å². The Balaban J connectivity index is 2.48. The fourth-order valence-electron chi connectivity index (χ4n) is 2.48. The highest BCUT2D eigenvalue weighted by atomic mass is 32.1. The fourth-order valence-corrected chi connectivity index (χ4v) is 3.49. The maximum atomic E-state index is 12.4. The minimum atomic E-state index is -0.456. The van der Waals surface area contributed by atoms with Gasteiger partial charge in [0.05, 0.1) is 30.3 Å². The van der Waals surface area contributed by atoms with Gasteiger partial charge in [-0.05, 0) is 32.9 Å². The van der Waals surface area contributed by atoms with Gasteiger partial charge in [-0.1, -0.05) is 0 Å². The van der Waals surface area contributed by atoms with Crippen LogP contribution in [-0.4, -0.2) is 37.1 Å². The molecule has 1 aromatic rings. The van der Waals surface area contributed by atoms with Crippen LogP contribution in [0.4, 0.5) is 0 Å². The summed E-state index contributed by atoms with van der Waals surface area (Å²) >= 11 is 1.56. The minimum absolute atomic E-state index is 0.286. The molecule has 0 bridgehead atoms. The van der Waals surface area contributed by atoms with Gasteiger partial charge in [-0.3, -0.25) is 0 Å². The zero-order chi connectivity index (χ0) is 17.0. The van der Waals surface area contributed by atoms with Crippen LogP contribution in [0.25, 0.3) is 0 Å². The summed E-state index contributed by atoms with van der Waals surface area (Å²) in [5.41, 5.74) is 0.892. The van der Waals surface area contributed by atoms with Gasteiger partial charge in [-0.25, -0.2) is 9.59 Å². The highest BCUT2D eigenvalue weighted by molar-refractivity contribution is 7.12. The molecule has 0 amide bonds. The average molecular weight is 335 g/mol. The Labute approximate surface area is 140 Å². The van der Waals surface area contributed by atoms with Gasteiger partial charge in [0.25, 0.3) is 0 Å². The number of carbonyl (C=O) groups excluding carboxylic acids is 2. The van der Waals surface area contributed by atoms with Crippen LogP contribution in [0.1, 0.15) is 29.5 Å². The van der Waals surface area contributed by atoms with Crippen LogP contribution in [0.3, 0.4) is 0 Å². The Bertz CT molecular complexity index is 623. The lowest BCUT2D eigenvalue weighted by Crippen LogP contribution is -2.27. The minimum Gasteiger partial charge on any atom is -0.463 e. The molecule has 0 aromatic carbocycles. The summed E-state index contributed by atoms with van der Waals surface area (Å²) in [6, 6.07) is 3.92. The molecule has 124 valence electrons. The van der Waals surface area contributed by atoms with E-state index in [4.69, 9.17) is 9.47 Å². The third kappa shape index (κ3) is 3.82. The Morgan fingerprint density at radius 1 is 1.09 bits per heavy atom. The van der Waals surface area contributed by atoms with Crippen molar-refractivity contribution in [3.8, 4) is 0 Å². The number of thiophene rings is 1. The molecule has 0 N–H and O–H groups in total. The summed E-state index contributed by atoms with van der Waals surface area (Å²) in [4.78, 5) is 28.5. The Kier molecular flexibility index (Phi) is 5.60. The van der Waals surface area contributed by atoms with E-state index in [1.807, 2.05) is 19.1 Å². The van der Waals surface area contributed by atoms with Gasteiger partial charge in [-0.15, -0.1) is 11.3 Å². The molecule has 23 heavy (non-hydrogen) atoms. The van der Waals surface area contributed by atoms with E-state index in [0.29, 0.717) is 11.1 Å². The summed E-state index contributed by atoms with van der Waals surface area (Å²) in [5.74, 6) is -1.28. The Morgan fingerprint density at radius 2 is 1.61 bits per heavy atom. The third-order valence-electron chi connectivity index (χ3n) is 3.38. The van der Waals surface area contributed by atoms with Crippen LogP contribution in [0.5, 0.6) is 0 Å². The van der Waals surface area contributed by atoms with E-state index in [2.05, 4.69) is 0 Å². The first-order valence-corrected chi connectivity index (χ1v) is 8.35. The van der Waals surface area contributed by atoms with Gasteiger partial charge >= 0.3 is 11.9 Å². The van der Waals surface area contributed by atoms with Gasteiger partial charge in [0, 0.05) is 29.2 Å². The van der Waals surface area contributed by atoms with E-state index in [9.17, 15) is 9.59 Å². The first-order valence-electron chi connectivity index (χ1n) is 7.53. The summed E-state index contributed by atoms with van der Waals surface area (Å²) in [6.07, 6.45) is 3.42. The van der Waals surface area contributed by atoms with E-state index in [-0.39, 0.29) is 13.2 Å². The number of hydrogen-bond acceptors (Lipinski definition) is 6. The lowest BCUT2D eigenvalue weighted by molar-refractivity contribution is -0.139. The molecule has 1 aliphatic heterocycles. The lowest BCUT2D eigenvalue weighted by atomic mass is 9.88. The number of ether oxygens (including phenoxy) is 2. The molecular weight excluding hydrogens is 314 g/mol. The largest absolute Gasteiger partial charge is 0.463 e. The number of nitrogens with zero attached hydrogens (tertiary/aromatic N) is 1. The molecule has 0 atom stereocenters. The zero-order valence-electron chi connectivity index (χ0n) is 13.8. The van der Waals surface area contributed by atoms with Crippen molar-refractivity contribution in [1.82, 2.24) is 4.90 Å². The standard InChI is InChI=1S/C17H21NO4S/c1-5-21-16(19)12-9-18(4)10-13(17(20)22-6-2)15(12)14-8-7-11(3)23-14/h7-10,15H,5-6H2,1-4H3. The molecule has 0 saturated carbocycles. The smallest absolute Gasteiger partial charge is 0.336 e. The van der Waals surface area contributed by atoms with Gasteiger partial charge in [0.1, 0.15) is 0 Å². The quantitative estimate of drug-likeness (QED) is 0.774. The lowest BCUT2D eigenvalue weighted by Gasteiger charge is -2.27. The molecule has 1 aliphatic rings. The molecule has 0 fully saturated rings. The normalized spacial score (nSPS) is 15.0. The second kappa shape index (κ2) is 7.46. The van der Waals surface area contributed by atoms with Gasteiger partial charge in [0.2, 0.25) is 0 Å². The van der Waals surface area contributed by atoms with Crippen LogP contribution in [0.15, 0.2) is 35.7 Å². The van der Waals surface area contributed by atoms with Gasteiger partial charge in [0.15, 0.2) is 0 Å². The molecule has 0 aliphatic carbocycles. The number of rotatable bonds is 5. The third-order valence-corrected chi connectivity index (χ3v) is 4.44. The van der Waals surface area contributed by atoms with Crippen molar-refractivity contribution in [3.63, 3.8) is 0 Å². The summed E-state index contributed by atoms with van der Waals surface area (Å²) in [7, 11) is 1.77. The van der Waals surface area contributed by atoms with Crippen molar-refractivity contribution in [2.24, 2.45) is 0 Å². The van der Waals surface area contributed by atoms with E-state index >= 15 is 0 Å². The monoisotopic (exact) mass is 335 g/mol. The van der Waals surface area contributed by atoms with E-state index in [1.165, 1.54) is 0 Å². The first-order chi connectivity index (χ1) is 11.0. The van der Waals surface area contributed by atoms with Crippen LogP contribution < -0.4 is 0 Å². The molecule has 6 heteroatoms. The number of carbonyl (C=O) groups is 2.